The number of rotatable bonds is 6. The van der Waals surface area contributed by atoms with Crippen LogP contribution in [0.25, 0.3) is 11.3 Å². The van der Waals surface area contributed by atoms with E-state index in [4.69, 9.17) is 39.4 Å². The monoisotopic (exact) mass is 513 g/mol. The standard InChI is InChI=1S/C24H21Cl2N5O4/c1-12(17(11-20(27)32)15-7-6-13-4-2-3-5-14(13)8-15)35-21-18(25)9-16(10-19(21)26)31-24(34)29-23(33)22(28)30-31/h6-11H,1-5H2,(H2,27,32)(H2,28,30)(H,29,33,34)/b17-11+. The lowest BCUT2D eigenvalue weighted by atomic mass is 9.88. The lowest BCUT2D eigenvalue weighted by Crippen LogP contribution is -2.33. The number of primary amides is 1. The van der Waals surface area contributed by atoms with Crippen LogP contribution in [0.4, 0.5) is 5.82 Å². The molecule has 3 aromatic rings. The van der Waals surface area contributed by atoms with Crippen molar-refractivity contribution in [3.63, 3.8) is 0 Å². The van der Waals surface area contributed by atoms with Crippen molar-refractivity contribution in [2.75, 3.05) is 5.73 Å². The van der Waals surface area contributed by atoms with Crippen LogP contribution >= 0.6 is 23.2 Å². The molecule has 1 heterocycles. The van der Waals surface area contributed by atoms with Crippen molar-refractivity contribution in [2.24, 2.45) is 5.73 Å². The van der Waals surface area contributed by atoms with Crippen molar-refractivity contribution in [3.8, 4) is 11.4 Å². The number of aryl methyl sites for hydroxylation is 2. The summed E-state index contributed by atoms with van der Waals surface area (Å²) >= 11 is 12.8. The molecule has 1 aliphatic rings. The fourth-order valence-corrected chi connectivity index (χ4v) is 4.45. The van der Waals surface area contributed by atoms with Crippen LogP contribution in [-0.4, -0.2) is 20.7 Å². The van der Waals surface area contributed by atoms with Crippen molar-refractivity contribution >= 4 is 40.5 Å². The molecule has 0 bridgehead atoms. The number of nitrogens with one attached hydrogen (secondary N) is 1. The Morgan fingerprint density at radius 2 is 1.77 bits per heavy atom. The summed E-state index contributed by atoms with van der Waals surface area (Å²) < 4.78 is 6.72. The molecule has 11 heteroatoms. The maximum absolute atomic E-state index is 12.1. The van der Waals surface area contributed by atoms with Gasteiger partial charge < -0.3 is 16.2 Å². The van der Waals surface area contributed by atoms with Gasteiger partial charge in [0, 0.05) is 11.6 Å². The molecule has 0 fully saturated rings. The molecule has 1 aromatic heterocycles. The third-order valence-corrected chi connectivity index (χ3v) is 6.11. The highest BCUT2D eigenvalue weighted by Gasteiger charge is 2.19. The molecule has 0 spiro atoms. The van der Waals surface area contributed by atoms with E-state index in [-0.39, 0.29) is 27.2 Å². The number of hydrogen-bond donors (Lipinski definition) is 3. The number of anilines is 1. The van der Waals surface area contributed by atoms with Gasteiger partial charge in [0.1, 0.15) is 5.76 Å². The topological polar surface area (TPSA) is 146 Å². The Morgan fingerprint density at radius 3 is 2.43 bits per heavy atom. The first-order valence-corrected chi connectivity index (χ1v) is 11.4. The van der Waals surface area contributed by atoms with Crippen molar-refractivity contribution in [2.45, 2.75) is 25.7 Å². The number of nitrogen functional groups attached to an aromatic ring is 1. The van der Waals surface area contributed by atoms with Crippen LogP contribution in [-0.2, 0) is 17.6 Å². The molecule has 9 nitrogen and oxygen atoms in total. The Hall–Kier alpha value is -3.82. The van der Waals surface area contributed by atoms with Crippen LogP contribution in [0.3, 0.4) is 0 Å². The van der Waals surface area contributed by atoms with E-state index in [0.717, 1.165) is 35.9 Å². The molecule has 0 radical (unpaired) electrons. The van der Waals surface area contributed by atoms with E-state index in [1.165, 1.54) is 29.3 Å². The van der Waals surface area contributed by atoms with E-state index in [0.29, 0.717) is 5.57 Å². The molecule has 0 unspecified atom stereocenters. The van der Waals surface area contributed by atoms with E-state index in [1.807, 2.05) is 23.2 Å². The Kier molecular flexibility index (Phi) is 6.81. The zero-order valence-corrected chi connectivity index (χ0v) is 19.9. The highest BCUT2D eigenvalue weighted by molar-refractivity contribution is 6.37. The van der Waals surface area contributed by atoms with Crippen LogP contribution in [0.2, 0.25) is 10.0 Å². The molecule has 0 saturated heterocycles. The molecule has 0 aliphatic heterocycles. The Labute approximate surface area is 209 Å². The minimum absolute atomic E-state index is 0.0241. The number of aromatic amines is 1. The second kappa shape index (κ2) is 9.81. The third-order valence-electron chi connectivity index (χ3n) is 5.55. The molecular formula is C24H21Cl2N5O4. The molecule has 1 aliphatic carbocycles. The molecule has 0 saturated carbocycles. The van der Waals surface area contributed by atoms with E-state index < -0.39 is 23.0 Å². The minimum Gasteiger partial charge on any atom is -0.454 e. The number of aromatic nitrogens is 3. The van der Waals surface area contributed by atoms with Gasteiger partial charge in [0.15, 0.2) is 5.75 Å². The SMILES string of the molecule is C=C(Oc1c(Cl)cc(-n2nc(N)c(=O)[nH]c2=O)cc1Cl)/C(=C\C(N)=O)c1ccc2c(c1)CCCC2. The predicted molar refractivity (Wildman–Crippen MR) is 135 cm³/mol. The molecule has 0 atom stereocenters. The van der Waals surface area contributed by atoms with E-state index >= 15 is 0 Å². The van der Waals surface area contributed by atoms with Crippen LogP contribution in [0.15, 0.2) is 58.3 Å². The number of ether oxygens (including phenoxy) is 1. The first-order valence-electron chi connectivity index (χ1n) is 10.6. The number of carbonyl (C=O) groups is 1. The Balaban J connectivity index is 1.69. The minimum atomic E-state index is -0.825. The van der Waals surface area contributed by atoms with E-state index in [1.54, 1.807) is 0 Å². The van der Waals surface area contributed by atoms with Crippen molar-refractivity contribution < 1.29 is 9.53 Å². The number of nitrogens with two attached hydrogens (primary N) is 2. The predicted octanol–water partition coefficient (Wildman–Crippen LogP) is 3.15. The van der Waals surface area contributed by atoms with Crippen molar-refractivity contribution in [1.82, 2.24) is 14.8 Å². The number of hydrogen-bond acceptors (Lipinski definition) is 6. The second-order valence-corrected chi connectivity index (χ2v) is 8.79. The number of nitrogens with zero attached hydrogens (tertiary/aromatic N) is 2. The maximum Gasteiger partial charge on any atom is 0.349 e. The molecule has 180 valence electrons. The van der Waals surface area contributed by atoms with Gasteiger partial charge in [-0.05, 0) is 54.5 Å². The number of benzene rings is 2. The average molecular weight is 514 g/mol. The quantitative estimate of drug-likeness (QED) is 0.262. The summed E-state index contributed by atoms with van der Waals surface area (Å²) in [6.07, 6.45) is 5.43. The summed E-state index contributed by atoms with van der Waals surface area (Å²) in [7, 11) is 0. The van der Waals surface area contributed by atoms with Gasteiger partial charge in [-0.15, -0.1) is 5.10 Å². The van der Waals surface area contributed by atoms with E-state index in [2.05, 4.69) is 11.7 Å². The van der Waals surface area contributed by atoms with Crippen molar-refractivity contribution in [1.29, 1.82) is 0 Å². The van der Waals surface area contributed by atoms with Gasteiger partial charge in [-0.3, -0.25) is 14.6 Å². The Morgan fingerprint density at radius 1 is 1.11 bits per heavy atom. The van der Waals surface area contributed by atoms with Gasteiger partial charge in [-0.2, -0.15) is 4.68 Å². The zero-order chi connectivity index (χ0) is 25.3. The maximum atomic E-state index is 12.1. The summed E-state index contributed by atoms with van der Waals surface area (Å²) in [6.45, 7) is 3.95. The lowest BCUT2D eigenvalue weighted by Gasteiger charge is -2.19. The van der Waals surface area contributed by atoms with Gasteiger partial charge in [0.05, 0.1) is 15.7 Å². The fraction of sp³-hybridized carbons (Fsp3) is 0.167. The smallest absolute Gasteiger partial charge is 0.349 e. The highest BCUT2D eigenvalue weighted by atomic mass is 35.5. The normalized spacial score (nSPS) is 13.3. The van der Waals surface area contributed by atoms with Gasteiger partial charge in [-0.25, -0.2) is 4.79 Å². The lowest BCUT2D eigenvalue weighted by molar-refractivity contribution is -0.113. The first-order chi connectivity index (χ1) is 16.6. The van der Waals surface area contributed by atoms with Crippen LogP contribution < -0.4 is 27.5 Å². The van der Waals surface area contributed by atoms with Crippen LogP contribution in [0, 0.1) is 0 Å². The van der Waals surface area contributed by atoms with Crippen LogP contribution in [0.1, 0.15) is 29.5 Å². The number of amides is 1. The van der Waals surface area contributed by atoms with Gasteiger partial charge in [0.25, 0.3) is 5.56 Å². The van der Waals surface area contributed by atoms with Crippen molar-refractivity contribution in [3.05, 3.63) is 96.3 Å². The summed E-state index contributed by atoms with van der Waals surface area (Å²) in [6, 6.07) is 8.64. The molecular weight excluding hydrogens is 493 g/mol. The fourth-order valence-electron chi connectivity index (χ4n) is 3.90. The largest absolute Gasteiger partial charge is 0.454 e. The molecule has 1 amide bonds. The second-order valence-electron chi connectivity index (χ2n) is 7.97. The Bertz CT molecular complexity index is 1480. The summed E-state index contributed by atoms with van der Waals surface area (Å²) in [5, 5.41) is 3.80. The molecule has 2 aromatic carbocycles. The summed E-state index contributed by atoms with van der Waals surface area (Å²) in [5.74, 6) is -0.937. The number of halogens is 2. The van der Waals surface area contributed by atoms with Crippen LogP contribution in [0.5, 0.6) is 5.75 Å². The van der Waals surface area contributed by atoms with Gasteiger partial charge in [0.2, 0.25) is 11.7 Å². The molecule has 5 N–H and O–H groups in total. The zero-order valence-electron chi connectivity index (χ0n) is 18.4. The number of fused-ring (bicyclic) bond motifs is 1. The molecule has 35 heavy (non-hydrogen) atoms. The summed E-state index contributed by atoms with van der Waals surface area (Å²) in [4.78, 5) is 37.4. The van der Waals surface area contributed by atoms with Gasteiger partial charge in [-0.1, -0.05) is 48.0 Å². The number of carbonyl (C=O) groups excluding carboxylic acids is 1. The third kappa shape index (κ3) is 5.16. The summed E-state index contributed by atoms with van der Waals surface area (Å²) in [5.41, 5.74) is 13.0. The number of H-pyrrole nitrogens is 1. The highest BCUT2D eigenvalue weighted by Crippen LogP contribution is 2.38. The average Bonchev–Trinajstić information content (AvgIpc) is 2.81. The number of allylic oxidation sites excluding steroid dienone is 1. The first kappa shape index (κ1) is 24.3. The van der Waals surface area contributed by atoms with Gasteiger partial charge >= 0.3 is 5.69 Å². The molecule has 4 rings (SSSR count). The van der Waals surface area contributed by atoms with E-state index in [9.17, 15) is 14.4 Å².